The lowest BCUT2D eigenvalue weighted by Gasteiger charge is -2.26. The molecule has 4 nitrogen and oxygen atoms in total. The van der Waals surface area contributed by atoms with Crippen molar-refractivity contribution in [2.45, 2.75) is 32.2 Å². The molecule has 1 heterocycles. The van der Waals surface area contributed by atoms with Crippen LogP contribution in [-0.4, -0.2) is 23.0 Å². The lowest BCUT2D eigenvalue weighted by molar-refractivity contribution is 0.0908. The highest BCUT2D eigenvalue weighted by atomic mass is 35.5. The Balaban J connectivity index is 2.05. The lowest BCUT2D eigenvalue weighted by atomic mass is 9.94. The molecule has 0 saturated heterocycles. The number of hydrogen-bond donors (Lipinski definition) is 2. The van der Waals surface area contributed by atoms with Crippen molar-refractivity contribution in [3.05, 3.63) is 49.9 Å². The van der Waals surface area contributed by atoms with Gasteiger partial charge in [-0.1, -0.05) is 29.3 Å². The van der Waals surface area contributed by atoms with Crippen molar-refractivity contribution in [3.8, 4) is 0 Å². The Hall–Kier alpha value is -1.14. The normalized spacial score (nSPS) is 11.5. The van der Waals surface area contributed by atoms with E-state index in [0.717, 1.165) is 10.6 Å². The minimum Gasteiger partial charge on any atom is -0.345 e. The fourth-order valence-electron chi connectivity index (χ4n) is 2.21. The van der Waals surface area contributed by atoms with Crippen LogP contribution in [0.3, 0.4) is 0 Å². The van der Waals surface area contributed by atoms with Gasteiger partial charge >= 0.3 is 0 Å². The summed E-state index contributed by atoms with van der Waals surface area (Å²) < 4.78 is 0. The second kappa shape index (κ2) is 7.62. The Labute approximate surface area is 150 Å². The van der Waals surface area contributed by atoms with E-state index in [0.29, 0.717) is 35.1 Å². The largest absolute Gasteiger partial charge is 0.345 e. The molecule has 0 bridgehead atoms. The number of hydrogen-bond acceptors (Lipinski definition) is 4. The average molecular weight is 372 g/mol. The van der Waals surface area contributed by atoms with E-state index < -0.39 is 5.54 Å². The van der Waals surface area contributed by atoms with Crippen LogP contribution >= 0.6 is 34.5 Å². The Morgan fingerprint density at radius 1 is 1.39 bits per heavy atom. The smallest absolute Gasteiger partial charge is 0.271 e. The van der Waals surface area contributed by atoms with Gasteiger partial charge in [-0.15, -0.1) is 11.3 Å². The molecule has 2 aromatic rings. The third-order valence-corrected chi connectivity index (χ3v) is 4.74. The zero-order valence-electron chi connectivity index (χ0n) is 13.0. The van der Waals surface area contributed by atoms with Gasteiger partial charge in [0.1, 0.15) is 5.69 Å². The van der Waals surface area contributed by atoms with Gasteiger partial charge in [0.25, 0.3) is 5.91 Å². The van der Waals surface area contributed by atoms with Crippen LogP contribution < -0.4 is 11.1 Å². The molecule has 23 heavy (non-hydrogen) atoms. The number of nitrogens with zero attached hydrogens (tertiary/aromatic N) is 1. The summed E-state index contributed by atoms with van der Waals surface area (Å²) in [6, 6.07) is 5.37. The molecule has 0 aliphatic carbocycles. The van der Waals surface area contributed by atoms with Gasteiger partial charge in [-0.05, 0) is 44.5 Å². The maximum absolute atomic E-state index is 12.4. The van der Waals surface area contributed by atoms with Crippen molar-refractivity contribution in [2.75, 3.05) is 6.54 Å². The molecule has 0 aliphatic rings. The Bertz CT molecular complexity index is 700. The molecule has 0 saturated carbocycles. The molecular formula is C16H19Cl2N3OS. The van der Waals surface area contributed by atoms with E-state index in [-0.39, 0.29) is 5.91 Å². The van der Waals surface area contributed by atoms with Crippen molar-refractivity contribution in [1.82, 2.24) is 10.3 Å². The summed E-state index contributed by atoms with van der Waals surface area (Å²) in [4.78, 5) is 16.7. The van der Waals surface area contributed by atoms with Crippen LogP contribution in [0.25, 0.3) is 0 Å². The van der Waals surface area contributed by atoms with Gasteiger partial charge in [-0.2, -0.15) is 0 Å². The number of rotatable bonds is 6. The summed E-state index contributed by atoms with van der Waals surface area (Å²) in [5, 5.41) is 6.82. The first-order valence-corrected chi connectivity index (χ1v) is 8.85. The van der Waals surface area contributed by atoms with Crippen LogP contribution in [0.15, 0.2) is 23.6 Å². The van der Waals surface area contributed by atoms with Gasteiger partial charge in [0.15, 0.2) is 0 Å². The monoisotopic (exact) mass is 371 g/mol. The summed E-state index contributed by atoms with van der Waals surface area (Å²) in [6.45, 7) is 4.42. The van der Waals surface area contributed by atoms with Crippen LogP contribution in [-0.2, 0) is 12.8 Å². The predicted octanol–water partition coefficient (Wildman–Crippen LogP) is 3.70. The Morgan fingerprint density at radius 2 is 2.13 bits per heavy atom. The van der Waals surface area contributed by atoms with Crippen molar-refractivity contribution in [1.29, 1.82) is 0 Å². The molecule has 124 valence electrons. The number of nitrogens with two attached hydrogens (primary N) is 1. The highest BCUT2D eigenvalue weighted by Crippen LogP contribution is 2.25. The summed E-state index contributed by atoms with van der Waals surface area (Å²) in [5.74, 6) is -0.195. The molecule has 0 fully saturated rings. The second-order valence-corrected chi connectivity index (χ2v) is 7.70. The zero-order valence-corrected chi connectivity index (χ0v) is 15.4. The molecule has 0 unspecified atom stereocenters. The quantitative estimate of drug-likeness (QED) is 0.813. The SMILES string of the molecule is CC(C)(Cc1ccc(Cl)cc1Cl)NC(=O)c1csc(CCN)n1. The number of aromatic nitrogens is 1. The standard InChI is InChI=1S/C16H19Cl2N3OS/c1-16(2,8-10-3-4-11(17)7-12(10)18)21-15(22)13-9-23-14(20-13)5-6-19/h3-4,7,9H,5-6,8,19H2,1-2H3,(H,21,22). The molecule has 0 atom stereocenters. The van der Waals surface area contributed by atoms with Crippen LogP contribution in [0, 0.1) is 0 Å². The van der Waals surface area contributed by atoms with Gasteiger partial charge in [-0.25, -0.2) is 4.98 Å². The first kappa shape index (κ1) is 18.2. The molecule has 0 aliphatic heterocycles. The molecule has 0 radical (unpaired) electrons. The number of halogens is 2. The summed E-state index contributed by atoms with van der Waals surface area (Å²) in [7, 11) is 0. The number of nitrogens with one attached hydrogen (secondary N) is 1. The molecule has 2 rings (SSSR count). The van der Waals surface area contributed by atoms with Crippen molar-refractivity contribution < 1.29 is 4.79 Å². The molecule has 7 heteroatoms. The third-order valence-electron chi connectivity index (χ3n) is 3.24. The molecular weight excluding hydrogens is 353 g/mol. The van der Waals surface area contributed by atoms with Crippen LogP contribution in [0.1, 0.15) is 34.9 Å². The molecule has 1 aromatic heterocycles. The maximum atomic E-state index is 12.4. The maximum Gasteiger partial charge on any atom is 0.271 e. The summed E-state index contributed by atoms with van der Waals surface area (Å²) >= 11 is 13.6. The number of amides is 1. The Morgan fingerprint density at radius 3 is 2.78 bits per heavy atom. The van der Waals surface area contributed by atoms with Gasteiger partial charge in [-0.3, -0.25) is 4.79 Å². The predicted molar refractivity (Wildman–Crippen MR) is 96.6 cm³/mol. The second-order valence-electron chi connectivity index (χ2n) is 5.92. The molecule has 1 amide bonds. The van der Waals surface area contributed by atoms with E-state index in [1.54, 1.807) is 17.5 Å². The van der Waals surface area contributed by atoms with E-state index in [1.165, 1.54) is 11.3 Å². The topological polar surface area (TPSA) is 68.0 Å². The first-order chi connectivity index (χ1) is 10.8. The zero-order chi connectivity index (χ0) is 17.0. The number of benzene rings is 1. The minimum atomic E-state index is -0.466. The average Bonchev–Trinajstić information content (AvgIpc) is 2.91. The van der Waals surface area contributed by atoms with Gasteiger partial charge in [0.2, 0.25) is 0 Å². The molecule has 1 aromatic carbocycles. The molecule has 3 N–H and O–H groups in total. The fourth-order valence-corrected chi connectivity index (χ4v) is 3.48. The van der Waals surface area contributed by atoms with E-state index in [9.17, 15) is 4.79 Å². The van der Waals surface area contributed by atoms with Crippen LogP contribution in [0.4, 0.5) is 0 Å². The Kier molecular flexibility index (Phi) is 6.03. The lowest BCUT2D eigenvalue weighted by Crippen LogP contribution is -2.45. The summed E-state index contributed by atoms with van der Waals surface area (Å²) in [6.07, 6.45) is 1.27. The van der Waals surface area contributed by atoms with Crippen LogP contribution in [0.5, 0.6) is 0 Å². The number of carbonyl (C=O) groups is 1. The highest BCUT2D eigenvalue weighted by molar-refractivity contribution is 7.09. The van der Waals surface area contributed by atoms with Crippen molar-refractivity contribution >= 4 is 40.4 Å². The van der Waals surface area contributed by atoms with E-state index >= 15 is 0 Å². The van der Waals surface area contributed by atoms with Crippen molar-refractivity contribution in [3.63, 3.8) is 0 Å². The fraction of sp³-hybridized carbons (Fsp3) is 0.375. The van der Waals surface area contributed by atoms with Crippen LogP contribution in [0.2, 0.25) is 10.0 Å². The first-order valence-electron chi connectivity index (χ1n) is 7.21. The summed E-state index contributed by atoms with van der Waals surface area (Å²) in [5.41, 5.74) is 6.40. The number of thiazole rings is 1. The molecule has 0 spiro atoms. The number of carbonyl (C=O) groups excluding carboxylic acids is 1. The minimum absolute atomic E-state index is 0.195. The van der Waals surface area contributed by atoms with E-state index in [2.05, 4.69) is 10.3 Å². The van der Waals surface area contributed by atoms with Crippen molar-refractivity contribution in [2.24, 2.45) is 5.73 Å². The van der Waals surface area contributed by atoms with Gasteiger partial charge < -0.3 is 11.1 Å². The van der Waals surface area contributed by atoms with E-state index in [1.807, 2.05) is 19.9 Å². The highest BCUT2D eigenvalue weighted by Gasteiger charge is 2.24. The third kappa shape index (κ3) is 5.18. The van der Waals surface area contributed by atoms with Gasteiger partial charge in [0.05, 0.1) is 5.01 Å². The van der Waals surface area contributed by atoms with E-state index in [4.69, 9.17) is 28.9 Å². The van der Waals surface area contributed by atoms with Gasteiger partial charge in [0, 0.05) is 27.4 Å².